The van der Waals surface area contributed by atoms with E-state index in [4.69, 9.17) is 0 Å². The second-order valence-corrected chi connectivity index (χ2v) is 6.10. The van der Waals surface area contributed by atoms with Crippen LogP contribution in [0.4, 0.5) is 0 Å². The molecule has 0 radical (unpaired) electrons. The molecule has 0 fully saturated rings. The quantitative estimate of drug-likeness (QED) is 0.282. The summed E-state index contributed by atoms with van der Waals surface area (Å²) in [5.74, 6) is 4.18. The van der Waals surface area contributed by atoms with Crippen molar-refractivity contribution >= 4 is 41.7 Å². The van der Waals surface area contributed by atoms with Gasteiger partial charge in [0, 0.05) is 26.1 Å². The smallest absolute Gasteiger partial charge is 0.191 e. The highest BCUT2D eigenvalue weighted by Gasteiger charge is 2.16. The topological polar surface area (TPSA) is 67.1 Å². The lowest BCUT2D eigenvalue weighted by Gasteiger charge is -2.11. The monoisotopic (exact) mass is 438 g/mol. The molecule has 0 bridgehead atoms. The van der Waals surface area contributed by atoms with Crippen molar-refractivity contribution in [1.82, 2.24) is 25.4 Å². The van der Waals surface area contributed by atoms with Gasteiger partial charge in [0.05, 0.1) is 0 Å². The Kier molecular flexibility index (Phi) is 9.85. The van der Waals surface area contributed by atoms with Gasteiger partial charge in [0.25, 0.3) is 0 Å². The lowest BCUT2D eigenvalue weighted by Crippen LogP contribution is -2.37. The summed E-state index contributed by atoms with van der Waals surface area (Å²) in [7, 11) is 0. The first kappa shape index (κ1) is 19.5. The Balaban J connectivity index is 0.00000242. The van der Waals surface area contributed by atoms with Gasteiger partial charge in [-0.2, -0.15) is 11.8 Å². The highest BCUT2D eigenvalue weighted by Crippen LogP contribution is 2.14. The molecule has 0 aliphatic carbocycles. The normalized spacial score (nSPS) is 13.6. The van der Waals surface area contributed by atoms with Crippen molar-refractivity contribution in [2.75, 3.05) is 25.1 Å². The Morgan fingerprint density at radius 3 is 2.95 bits per heavy atom. The first-order chi connectivity index (χ1) is 10.3. The molecule has 0 spiro atoms. The van der Waals surface area contributed by atoms with E-state index in [1.807, 2.05) is 11.8 Å². The number of thioether (sulfide) groups is 1. The molecule has 2 rings (SSSR count). The van der Waals surface area contributed by atoms with Crippen LogP contribution in [-0.2, 0) is 19.5 Å². The van der Waals surface area contributed by atoms with E-state index in [2.05, 4.69) is 43.6 Å². The standard InChI is InChI=1S/C14H26N6S.HI/c1-3-15-14(16-8-4-5-10-21-2)17-11-13-19-18-12-7-6-9-20(12)13;/h3-11H2,1-2H3,(H2,15,16,17);1H. The Labute approximate surface area is 154 Å². The Hall–Kier alpha value is -0.510. The molecule has 1 aromatic heterocycles. The minimum absolute atomic E-state index is 0. The second kappa shape index (κ2) is 11.1. The third kappa shape index (κ3) is 5.94. The van der Waals surface area contributed by atoms with Crippen molar-refractivity contribution in [3.63, 3.8) is 0 Å². The number of nitrogens with zero attached hydrogens (tertiary/aromatic N) is 4. The fourth-order valence-electron chi connectivity index (χ4n) is 2.40. The number of nitrogens with one attached hydrogen (secondary N) is 2. The van der Waals surface area contributed by atoms with Gasteiger partial charge in [0.15, 0.2) is 11.8 Å². The minimum atomic E-state index is 0. The largest absolute Gasteiger partial charge is 0.357 e. The van der Waals surface area contributed by atoms with E-state index in [-0.39, 0.29) is 24.0 Å². The first-order valence-corrected chi connectivity index (χ1v) is 9.16. The van der Waals surface area contributed by atoms with Crippen molar-refractivity contribution in [2.45, 2.75) is 45.7 Å². The average Bonchev–Trinajstić information content (AvgIpc) is 3.08. The van der Waals surface area contributed by atoms with Gasteiger partial charge < -0.3 is 15.2 Å². The second-order valence-electron chi connectivity index (χ2n) is 5.11. The van der Waals surface area contributed by atoms with Crippen LogP contribution in [0, 0.1) is 0 Å². The highest BCUT2D eigenvalue weighted by molar-refractivity contribution is 14.0. The summed E-state index contributed by atoms with van der Waals surface area (Å²) >= 11 is 1.90. The summed E-state index contributed by atoms with van der Waals surface area (Å²) in [5.41, 5.74) is 0. The van der Waals surface area contributed by atoms with Crippen LogP contribution in [0.3, 0.4) is 0 Å². The number of hydrogen-bond donors (Lipinski definition) is 2. The summed E-state index contributed by atoms with van der Waals surface area (Å²) in [6.45, 7) is 5.54. The van der Waals surface area contributed by atoms with Gasteiger partial charge in [-0.15, -0.1) is 34.2 Å². The molecule has 1 aromatic rings. The van der Waals surface area contributed by atoms with Crippen LogP contribution < -0.4 is 10.6 Å². The maximum Gasteiger partial charge on any atom is 0.191 e. The molecule has 1 aliphatic heterocycles. The van der Waals surface area contributed by atoms with E-state index < -0.39 is 0 Å². The van der Waals surface area contributed by atoms with Gasteiger partial charge >= 0.3 is 0 Å². The van der Waals surface area contributed by atoms with Gasteiger partial charge in [0.2, 0.25) is 0 Å². The number of aliphatic imine (C=N–C) groups is 1. The van der Waals surface area contributed by atoms with Crippen molar-refractivity contribution in [2.24, 2.45) is 4.99 Å². The molecule has 2 heterocycles. The molecule has 0 amide bonds. The lowest BCUT2D eigenvalue weighted by molar-refractivity contribution is 0.681. The number of unbranched alkanes of at least 4 members (excludes halogenated alkanes) is 1. The van der Waals surface area contributed by atoms with Gasteiger partial charge in [-0.3, -0.25) is 0 Å². The van der Waals surface area contributed by atoms with E-state index >= 15 is 0 Å². The van der Waals surface area contributed by atoms with E-state index in [0.29, 0.717) is 6.54 Å². The van der Waals surface area contributed by atoms with E-state index in [1.165, 1.54) is 25.0 Å². The zero-order valence-electron chi connectivity index (χ0n) is 13.5. The lowest BCUT2D eigenvalue weighted by atomic mass is 10.3. The Morgan fingerprint density at radius 2 is 2.18 bits per heavy atom. The van der Waals surface area contributed by atoms with Gasteiger partial charge in [-0.1, -0.05) is 0 Å². The average molecular weight is 438 g/mol. The Bertz CT molecular complexity index is 462. The van der Waals surface area contributed by atoms with Crippen LogP contribution in [-0.4, -0.2) is 45.8 Å². The van der Waals surface area contributed by atoms with Crippen molar-refractivity contribution < 1.29 is 0 Å². The summed E-state index contributed by atoms with van der Waals surface area (Å²) in [5, 5.41) is 15.1. The number of aryl methyl sites for hydroxylation is 1. The molecule has 126 valence electrons. The molecule has 1 aliphatic rings. The third-order valence-electron chi connectivity index (χ3n) is 3.48. The Morgan fingerprint density at radius 1 is 1.32 bits per heavy atom. The first-order valence-electron chi connectivity index (χ1n) is 7.77. The molecule has 0 saturated heterocycles. The van der Waals surface area contributed by atoms with Crippen LogP contribution in [0.1, 0.15) is 37.8 Å². The summed E-state index contributed by atoms with van der Waals surface area (Å²) in [6, 6.07) is 0. The molecule has 0 saturated carbocycles. The zero-order chi connectivity index (χ0) is 14.9. The number of rotatable bonds is 8. The minimum Gasteiger partial charge on any atom is -0.357 e. The molecule has 0 atom stereocenters. The zero-order valence-corrected chi connectivity index (χ0v) is 16.6. The maximum atomic E-state index is 4.62. The van der Waals surface area contributed by atoms with Crippen LogP contribution in [0.2, 0.25) is 0 Å². The summed E-state index contributed by atoms with van der Waals surface area (Å²) in [6.07, 6.45) is 6.78. The number of aromatic nitrogens is 3. The predicted molar refractivity (Wildman–Crippen MR) is 104 cm³/mol. The number of guanidine groups is 1. The van der Waals surface area contributed by atoms with Crippen LogP contribution in [0.5, 0.6) is 0 Å². The van der Waals surface area contributed by atoms with Gasteiger partial charge in [-0.25, -0.2) is 4.99 Å². The molecule has 8 heteroatoms. The van der Waals surface area contributed by atoms with Crippen LogP contribution in [0.15, 0.2) is 4.99 Å². The van der Waals surface area contributed by atoms with E-state index in [9.17, 15) is 0 Å². The predicted octanol–water partition coefficient (Wildman–Crippen LogP) is 2.04. The van der Waals surface area contributed by atoms with E-state index in [0.717, 1.165) is 43.7 Å². The molecular weight excluding hydrogens is 411 g/mol. The van der Waals surface area contributed by atoms with Crippen molar-refractivity contribution in [1.29, 1.82) is 0 Å². The molecule has 0 aromatic carbocycles. The maximum absolute atomic E-state index is 4.62. The molecule has 0 unspecified atom stereocenters. The van der Waals surface area contributed by atoms with Gasteiger partial charge in [0.1, 0.15) is 12.4 Å². The van der Waals surface area contributed by atoms with Gasteiger partial charge in [-0.05, 0) is 38.2 Å². The molecular formula is C14H27IN6S. The fourth-order valence-corrected chi connectivity index (χ4v) is 2.89. The summed E-state index contributed by atoms with van der Waals surface area (Å²) < 4.78 is 2.20. The molecule has 6 nitrogen and oxygen atoms in total. The molecule has 22 heavy (non-hydrogen) atoms. The van der Waals surface area contributed by atoms with E-state index in [1.54, 1.807) is 0 Å². The number of fused-ring (bicyclic) bond motifs is 1. The third-order valence-corrected chi connectivity index (χ3v) is 4.17. The number of hydrogen-bond acceptors (Lipinski definition) is 4. The molecule has 2 N–H and O–H groups in total. The number of halogens is 1. The van der Waals surface area contributed by atoms with Crippen molar-refractivity contribution in [3.8, 4) is 0 Å². The summed E-state index contributed by atoms with van der Waals surface area (Å²) in [4.78, 5) is 4.62. The van der Waals surface area contributed by atoms with Crippen LogP contribution in [0.25, 0.3) is 0 Å². The fraction of sp³-hybridized carbons (Fsp3) is 0.786. The SMILES string of the molecule is CCNC(=NCc1nnc2n1CCC2)NCCCCSC.I. The van der Waals surface area contributed by atoms with Crippen molar-refractivity contribution in [3.05, 3.63) is 11.6 Å². The highest BCUT2D eigenvalue weighted by atomic mass is 127. The van der Waals surface area contributed by atoms with Crippen LogP contribution >= 0.6 is 35.7 Å².